The third-order valence-corrected chi connectivity index (χ3v) is 3.48. The van der Waals surface area contributed by atoms with Crippen LogP contribution in [0.5, 0.6) is 5.75 Å². The van der Waals surface area contributed by atoms with Gasteiger partial charge in [0.05, 0.1) is 6.54 Å². The minimum absolute atomic E-state index is 0.143. The molecule has 1 amide bonds. The molecule has 0 aliphatic heterocycles. The van der Waals surface area contributed by atoms with Crippen LogP contribution in [0.25, 0.3) is 0 Å². The second kappa shape index (κ2) is 7.43. The first kappa shape index (κ1) is 15.8. The number of carbonyl (C=O) groups excluding carboxylic acids is 1. The maximum atomic E-state index is 12.2. The monoisotopic (exact) mass is 368 g/mol. The number of rotatable bonds is 5. The second-order valence-corrected chi connectivity index (χ2v) is 5.62. The number of nitrogens with zero attached hydrogens (tertiary/aromatic N) is 2. The van der Waals surface area contributed by atoms with Gasteiger partial charge in [-0.1, -0.05) is 17.7 Å². The largest absolute Gasteiger partial charge is 0.492 e. The first-order chi connectivity index (χ1) is 10.1. The number of hydrogen-bond acceptors (Lipinski definition) is 3. The Hall–Kier alpha value is -1.59. The van der Waals surface area contributed by atoms with Gasteiger partial charge in [-0.25, -0.2) is 4.98 Å². The maximum absolute atomic E-state index is 12.2. The average molecular weight is 370 g/mol. The Bertz CT molecular complexity index is 619. The number of benzene rings is 1. The fourth-order valence-electron chi connectivity index (χ4n) is 1.66. The van der Waals surface area contributed by atoms with Gasteiger partial charge in [-0.2, -0.15) is 0 Å². The quantitative estimate of drug-likeness (QED) is 0.756. The van der Waals surface area contributed by atoms with Crippen molar-refractivity contribution in [3.8, 4) is 5.75 Å². The molecule has 0 fully saturated rings. The Labute approximate surface area is 136 Å². The van der Waals surface area contributed by atoms with E-state index in [-0.39, 0.29) is 5.91 Å². The predicted octanol–water partition coefficient (Wildman–Crippen LogP) is 3.65. The van der Waals surface area contributed by atoms with Crippen LogP contribution in [0.15, 0.2) is 47.1 Å². The normalized spacial score (nSPS) is 10.2. The molecule has 0 saturated heterocycles. The summed E-state index contributed by atoms with van der Waals surface area (Å²) < 4.78 is 6.20. The summed E-state index contributed by atoms with van der Waals surface area (Å²) in [5, 5.41) is 0.662. The van der Waals surface area contributed by atoms with E-state index < -0.39 is 0 Å². The highest BCUT2D eigenvalue weighted by molar-refractivity contribution is 9.10. The third-order valence-electron chi connectivity index (χ3n) is 2.79. The lowest BCUT2D eigenvalue weighted by atomic mass is 10.3. The molecular weight excluding hydrogens is 356 g/mol. The first-order valence-electron chi connectivity index (χ1n) is 6.32. The minimum Gasteiger partial charge on any atom is -0.492 e. The number of halogens is 2. The van der Waals surface area contributed by atoms with Gasteiger partial charge < -0.3 is 9.64 Å². The molecule has 0 atom stereocenters. The predicted molar refractivity (Wildman–Crippen MR) is 85.8 cm³/mol. The van der Waals surface area contributed by atoms with Crippen molar-refractivity contribution >= 4 is 33.4 Å². The van der Waals surface area contributed by atoms with E-state index in [0.717, 1.165) is 5.75 Å². The molecule has 0 aliphatic rings. The van der Waals surface area contributed by atoms with Crippen molar-refractivity contribution in [3.05, 3.63) is 57.8 Å². The number of aromatic nitrogens is 1. The van der Waals surface area contributed by atoms with E-state index >= 15 is 0 Å². The van der Waals surface area contributed by atoms with Gasteiger partial charge in [0, 0.05) is 12.1 Å². The second-order valence-electron chi connectivity index (χ2n) is 4.37. The van der Waals surface area contributed by atoms with Crippen molar-refractivity contribution in [2.45, 2.75) is 0 Å². The van der Waals surface area contributed by atoms with Crippen LogP contribution in [0, 0.1) is 0 Å². The van der Waals surface area contributed by atoms with E-state index in [1.807, 2.05) is 0 Å². The number of pyridine rings is 1. The smallest absolute Gasteiger partial charge is 0.272 e. The SMILES string of the molecule is CN(CCOc1ccc(Cl)cc1)C(=O)c1cccc(Br)n1. The van der Waals surface area contributed by atoms with Gasteiger partial charge in [0.25, 0.3) is 5.91 Å². The molecule has 0 spiro atoms. The van der Waals surface area contributed by atoms with E-state index in [1.54, 1.807) is 54.4 Å². The molecule has 0 N–H and O–H groups in total. The van der Waals surface area contributed by atoms with Crippen LogP contribution >= 0.6 is 27.5 Å². The Morgan fingerprint density at radius 1 is 1.29 bits per heavy atom. The van der Waals surface area contributed by atoms with Crippen LogP contribution in [0.1, 0.15) is 10.5 Å². The minimum atomic E-state index is -0.143. The molecule has 0 saturated carbocycles. The highest BCUT2D eigenvalue weighted by Crippen LogP contribution is 2.15. The van der Waals surface area contributed by atoms with Crippen molar-refractivity contribution in [2.24, 2.45) is 0 Å². The van der Waals surface area contributed by atoms with Crippen molar-refractivity contribution in [2.75, 3.05) is 20.2 Å². The Morgan fingerprint density at radius 3 is 2.67 bits per heavy atom. The van der Waals surface area contributed by atoms with Gasteiger partial charge in [0.1, 0.15) is 22.7 Å². The van der Waals surface area contributed by atoms with Crippen LogP contribution < -0.4 is 4.74 Å². The molecule has 1 heterocycles. The van der Waals surface area contributed by atoms with E-state index in [1.165, 1.54) is 0 Å². The molecule has 110 valence electrons. The molecule has 2 aromatic rings. The zero-order valence-electron chi connectivity index (χ0n) is 11.4. The van der Waals surface area contributed by atoms with E-state index in [0.29, 0.717) is 28.5 Å². The summed E-state index contributed by atoms with van der Waals surface area (Å²) in [6.07, 6.45) is 0. The summed E-state index contributed by atoms with van der Waals surface area (Å²) in [6, 6.07) is 12.3. The van der Waals surface area contributed by atoms with Crippen molar-refractivity contribution in [3.63, 3.8) is 0 Å². The highest BCUT2D eigenvalue weighted by atomic mass is 79.9. The zero-order valence-corrected chi connectivity index (χ0v) is 13.8. The van der Waals surface area contributed by atoms with Crippen LogP contribution in [0.3, 0.4) is 0 Å². The Morgan fingerprint density at radius 2 is 2.00 bits per heavy atom. The summed E-state index contributed by atoms with van der Waals surface area (Å²) in [6.45, 7) is 0.869. The molecule has 21 heavy (non-hydrogen) atoms. The van der Waals surface area contributed by atoms with Crippen LogP contribution in [-0.2, 0) is 0 Å². The number of likely N-dealkylation sites (N-methyl/N-ethyl adjacent to an activating group) is 1. The number of carbonyl (C=O) groups is 1. The van der Waals surface area contributed by atoms with Gasteiger partial charge in [-0.05, 0) is 52.3 Å². The third kappa shape index (κ3) is 4.72. The van der Waals surface area contributed by atoms with Crippen LogP contribution in [0.4, 0.5) is 0 Å². The molecule has 0 bridgehead atoms. The maximum Gasteiger partial charge on any atom is 0.272 e. The van der Waals surface area contributed by atoms with Gasteiger partial charge in [-0.15, -0.1) is 0 Å². The molecule has 4 nitrogen and oxygen atoms in total. The molecule has 1 aromatic heterocycles. The van der Waals surface area contributed by atoms with Crippen LogP contribution in [0.2, 0.25) is 5.02 Å². The lowest BCUT2D eigenvalue weighted by molar-refractivity contribution is 0.0768. The molecule has 0 unspecified atom stereocenters. The van der Waals surface area contributed by atoms with Gasteiger partial charge in [0.2, 0.25) is 0 Å². The van der Waals surface area contributed by atoms with E-state index in [9.17, 15) is 4.79 Å². The molecule has 2 rings (SSSR count). The number of amides is 1. The summed E-state index contributed by atoms with van der Waals surface area (Å²) in [5.74, 6) is 0.580. The molecule has 6 heteroatoms. The Kier molecular flexibility index (Phi) is 5.59. The summed E-state index contributed by atoms with van der Waals surface area (Å²) in [5.41, 5.74) is 0.401. The van der Waals surface area contributed by atoms with E-state index in [4.69, 9.17) is 16.3 Å². The van der Waals surface area contributed by atoms with Gasteiger partial charge >= 0.3 is 0 Å². The topological polar surface area (TPSA) is 42.4 Å². The lowest BCUT2D eigenvalue weighted by Gasteiger charge is -2.17. The van der Waals surface area contributed by atoms with Crippen LogP contribution in [-0.4, -0.2) is 36.0 Å². The summed E-state index contributed by atoms with van der Waals surface area (Å²) >= 11 is 9.05. The van der Waals surface area contributed by atoms with Gasteiger partial charge in [-0.3, -0.25) is 4.79 Å². The highest BCUT2D eigenvalue weighted by Gasteiger charge is 2.13. The number of ether oxygens (including phenoxy) is 1. The fraction of sp³-hybridized carbons (Fsp3) is 0.200. The van der Waals surface area contributed by atoms with Crippen molar-refractivity contribution in [1.82, 2.24) is 9.88 Å². The first-order valence-corrected chi connectivity index (χ1v) is 7.50. The Balaban J connectivity index is 1.85. The summed E-state index contributed by atoms with van der Waals surface area (Å²) in [4.78, 5) is 17.9. The van der Waals surface area contributed by atoms with Crippen molar-refractivity contribution < 1.29 is 9.53 Å². The molecule has 0 radical (unpaired) electrons. The molecule has 1 aromatic carbocycles. The molecular formula is C15H14BrClN2O2. The fourth-order valence-corrected chi connectivity index (χ4v) is 2.13. The zero-order chi connectivity index (χ0) is 15.2. The standard InChI is InChI=1S/C15H14BrClN2O2/c1-19(15(20)13-3-2-4-14(16)18-13)9-10-21-12-7-5-11(17)6-8-12/h2-8H,9-10H2,1H3. The van der Waals surface area contributed by atoms with Gasteiger partial charge in [0.15, 0.2) is 0 Å². The summed E-state index contributed by atoms with van der Waals surface area (Å²) in [7, 11) is 1.72. The van der Waals surface area contributed by atoms with E-state index in [2.05, 4.69) is 20.9 Å². The average Bonchev–Trinajstić information content (AvgIpc) is 2.48. The lowest BCUT2D eigenvalue weighted by Crippen LogP contribution is -2.31. The number of hydrogen-bond donors (Lipinski definition) is 0. The van der Waals surface area contributed by atoms with Crippen molar-refractivity contribution in [1.29, 1.82) is 0 Å². The molecule has 0 aliphatic carbocycles.